The number of aryl methyl sites for hydroxylation is 1. The Balaban J connectivity index is 2.08. The summed E-state index contributed by atoms with van der Waals surface area (Å²) in [5.41, 5.74) is 8.95. The lowest BCUT2D eigenvalue weighted by molar-refractivity contribution is -0.132. The second kappa shape index (κ2) is 7.36. The Morgan fingerprint density at radius 3 is 2.62 bits per heavy atom. The van der Waals surface area contributed by atoms with Crippen LogP contribution in [0.1, 0.15) is 43.7 Å². The molecule has 0 saturated carbocycles. The van der Waals surface area contributed by atoms with Gasteiger partial charge in [0.25, 0.3) is 5.91 Å². The molecular formula is C17H25N3O. The van der Waals surface area contributed by atoms with Gasteiger partial charge in [0, 0.05) is 0 Å². The lowest BCUT2D eigenvalue weighted by Gasteiger charge is -2.14. The SMILES string of the molecule is CCCC1=NN(Cc2ccc(C)cc2)C(=O)C1CCCN. The van der Waals surface area contributed by atoms with E-state index in [-0.39, 0.29) is 11.8 Å². The molecule has 0 aliphatic carbocycles. The molecule has 0 saturated heterocycles. The van der Waals surface area contributed by atoms with Gasteiger partial charge in [-0.25, -0.2) is 5.01 Å². The molecule has 0 radical (unpaired) electrons. The van der Waals surface area contributed by atoms with Gasteiger partial charge in [-0.1, -0.05) is 43.2 Å². The van der Waals surface area contributed by atoms with Crippen LogP contribution in [0.4, 0.5) is 0 Å². The Morgan fingerprint density at radius 1 is 1.29 bits per heavy atom. The number of amides is 1. The third-order valence-corrected chi connectivity index (χ3v) is 3.86. The van der Waals surface area contributed by atoms with Crippen molar-refractivity contribution in [2.45, 2.75) is 46.1 Å². The fourth-order valence-corrected chi connectivity index (χ4v) is 2.67. The van der Waals surface area contributed by atoms with Crippen LogP contribution < -0.4 is 5.73 Å². The number of nitrogens with two attached hydrogens (primary N) is 1. The van der Waals surface area contributed by atoms with Crippen molar-refractivity contribution in [1.29, 1.82) is 0 Å². The fraction of sp³-hybridized carbons (Fsp3) is 0.529. The summed E-state index contributed by atoms with van der Waals surface area (Å²) in [5.74, 6) is 0.0754. The molecule has 1 heterocycles. The highest BCUT2D eigenvalue weighted by molar-refractivity contribution is 6.07. The number of benzene rings is 1. The van der Waals surface area contributed by atoms with Gasteiger partial charge in [0.15, 0.2) is 0 Å². The second-order valence-corrected chi connectivity index (χ2v) is 5.71. The summed E-state index contributed by atoms with van der Waals surface area (Å²) in [6, 6.07) is 8.26. The minimum absolute atomic E-state index is 0.0565. The minimum atomic E-state index is -0.0565. The number of hydrogen-bond donors (Lipinski definition) is 1. The van der Waals surface area contributed by atoms with E-state index in [0.717, 1.165) is 37.0 Å². The number of carbonyl (C=O) groups is 1. The van der Waals surface area contributed by atoms with Crippen LogP contribution in [0.5, 0.6) is 0 Å². The Bertz CT molecular complexity index is 507. The van der Waals surface area contributed by atoms with Crippen LogP contribution in [-0.2, 0) is 11.3 Å². The van der Waals surface area contributed by atoms with Gasteiger partial charge in [0.05, 0.1) is 18.2 Å². The zero-order chi connectivity index (χ0) is 15.2. The monoisotopic (exact) mass is 287 g/mol. The molecule has 4 heteroatoms. The third kappa shape index (κ3) is 3.91. The fourth-order valence-electron chi connectivity index (χ4n) is 2.67. The van der Waals surface area contributed by atoms with Crippen molar-refractivity contribution in [2.75, 3.05) is 6.54 Å². The second-order valence-electron chi connectivity index (χ2n) is 5.71. The van der Waals surface area contributed by atoms with E-state index in [2.05, 4.69) is 43.2 Å². The zero-order valence-corrected chi connectivity index (χ0v) is 13.0. The number of nitrogens with zero attached hydrogens (tertiary/aromatic N) is 2. The maximum absolute atomic E-state index is 12.5. The van der Waals surface area contributed by atoms with Crippen LogP contribution in [0.15, 0.2) is 29.4 Å². The van der Waals surface area contributed by atoms with Crippen molar-refractivity contribution in [3.63, 3.8) is 0 Å². The van der Waals surface area contributed by atoms with Gasteiger partial charge in [0.1, 0.15) is 0 Å². The van der Waals surface area contributed by atoms with E-state index in [4.69, 9.17) is 5.73 Å². The molecular weight excluding hydrogens is 262 g/mol. The summed E-state index contributed by atoms with van der Waals surface area (Å²) in [5, 5.41) is 6.21. The van der Waals surface area contributed by atoms with E-state index in [1.54, 1.807) is 5.01 Å². The normalized spacial score (nSPS) is 18.2. The van der Waals surface area contributed by atoms with Crippen LogP contribution in [0.2, 0.25) is 0 Å². The van der Waals surface area contributed by atoms with Gasteiger partial charge in [0.2, 0.25) is 0 Å². The first-order valence-corrected chi connectivity index (χ1v) is 7.80. The molecule has 2 rings (SSSR count). The molecule has 0 spiro atoms. The molecule has 1 aliphatic heterocycles. The molecule has 1 aromatic carbocycles. The van der Waals surface area contributed by atoms with Crippen molar-refractivity contribution in [1.82, 2.24) is 5.01 Å². The van der Waals surface area contributed by atoms with E-state index in [1.165, 1.54) is 5.56 Å². The number of carbonyl (C=O) groups excluding carboxylic acids is 1. The molecule has 1 unspecified atom stereocenters. The Labute approximate surface area is 127 Å². The van der Waals surface area contributed by atoms with E-state index in [9.17, 15) is 4.79 Å². The van der Waals surface area contributed by atoms with Crippen molar-refractivity contribution < 1.29 is 4.79 Å². The van der Waals surface area contributed by atoms with Crippen LogP contribution in [0.3, 0.4) is 0 Å². The first-order valence-electron chi connectivity index (χ1n) is 7.80. The van der Waals surface area contributed by atoms with Gasteiger partial charge < -0.3 is 5.73 Å². The van der Waals surface area contributed by atoms with Gasteiger partial charge >= 0.3 is 0 Å². The molecule has 0 aromatic heterocycles. The summed E-state index contributed by atoms with van der Waals surface area (Å²) in [4.78, 5) is 12.5. The molecule has 1 amide bonds. The smallest absolute Gasteiger partial charge is 0.251 e. The van der Waals surface area contributed by atoms with Crippen molar-refractivity contribution >= 4 is 11.6 Å². The largest absolute Gasteiger partial charge is 0.330 e. The van der Waals surface area contributed by atoms with E-state index in [0.29, 0.717) is 13.1 Å². The first kappa shape index (κ1) is 15.7. The van der Waals surface area contributed by atoms with Crippen molar-refractivity contribution in [2.24, 2.45) is 16.8 Å². The Kier molecular flexibility index (Phi) is 5.51. The molecule has 0 fully saturated rings. The van der Waals surface area contributed by atoms with Crippen molar-refractivity contribution in [3.05, 3.63) is 35.4 Å². The zero-order valence-electron chi connectivity index (χ0n) is 13.0. The van der Waals surface area contributed by atoms with Crippen LogP contribution >= 0.6 is 0 Å². The lowest BCUT2D eigenvalue weighted by Crippen LogP contribution is -2.27. The number of hydrogen-bond acceptors (Lipinski definition) is 3. The van der Waals surface area contributed by atoms with E-state index >= 15 is 0 Å². The molecule has 2 N–H and O–H groups in total. The maximum atomic E-state index is 12.5. The summed E-state index contributed by atoms with van der Waals surface area (Å²) < 4.78 is 0. The topological polar surface area (TPSA) is 58.7 Å². The predicted octanol–water partition coefficient (Wildman–Crippen LogP) is 2.85. The highest BCUT2D eigenvalue weighted by Crippen LogP contribution is 2.24. The average Bonchev–Trinajstić information content (AvgIpc) is 2.76. The van der Waals surface area contributed by atoms with Crippen LogP contribution in [0, 0.1) is 12.8 Å². The van der Waals surface area contributed by atoms with Crippen LogP contribution in [-0.4, -0.2) is 23.2 Å². The Morgan fingerprint density at radius 2 is 2.00 bits per heavy atom. The average molecular weight is 287 g/mol. The quantitative estimate of drug-likeness (QED) is 0.838. The van der Waals surface area contributed by atoms with Gasteiger partial charge in [-0.2, -0.15) is 5.10 Å². The summed E-state index contributed by atoms with van der Waals surface area (Å²) in [7, 11) is 0. The molecule has 4 nitrogen and oxygen atoms in total. The van der Waals surface area contributed by atoms with Gasteiger partial charge in [-0.05, 0) is 38.3 Å². The van der Waals surface area contributed by atoms with Gasteiger partial charge in [-0.15, -0.1) is 0 Å². The Hall–Kier alpha value is -1.68. The van der Waals surface area contributed by atoms with Crippen LogP contribution in [0.25, 0.3) is 0 Å². The molecule has 114 valence electrons. The first-order chi connectivity index (χ1) is 10.2. The molecule has 21 heavy (non-hydrogen) atoms. The van der Waals surface area contributed by atoms with Crippen molar-refractivity contribution in [3.8, 4) is 0 Å². The van der Waals surface area contributed by atoms with E-state index < -0.39 is 0 Å². The maximum Gasteiger partial charge on any atom is 0.251 e. The number of hydrazone groups is 1. The van der Waals surface area contributed by atoms with Gasteiger partial charge in [-0.3, -0.25) is 4.79 Å². The molecule has 1 aliphatic rings. The summed E-state index contributed by atoms with van der Waals surface area (Å²) in [6.07, 6.45) is 3.60. The number of rotatable bonds is 7. The third-order valence-electron chi connectivity index (χ3n) is 3.86. The standard InChI is InChI=1S/C17H25N3O/c1-3-5-16-15(6-4-11-18)17(21)20(19-16)12-14-9-7-13(2)8-10-14/h7-10,15H,3-6,11-12,18H2,1-2H3. The predicted molar refractivity (Wildman–Crippen MR) is 85.9 cm³/mol. The minimum Gasteiger partial charge on any atom is -0.330 e. The molecule has 1 atom stereocenters. The molecule has 1 aromatic rings. The summed E-state index contributed by atoms with van der Waals surface area (Å²) in [6.45, 7) is 5.37. The highest BCUT2D eigenvalue weighted by Gasteiger charge is 2.34. The lowest BCUT2D eigenvalue weighted by atomic mass is 9.94. The molecule has 0 bridgehead atoms. The highest BCUT2D eigenvalue weighted by atomic mass is 16.2. The summed E-state index contributed by atoms with van der Waals surface area (Å²) >= 11 is 0. The van der Waals surface area contributed by atoms with E-state index in [1.807, 2.05) is 0 Å².